The molecule has 1 N–H and O–H groups in total. The predicted molar refractivity (Wildman–Crippen MR) is 57.5 cm³/mol. The van der Waals surface area contributed by atoms with Crippen LogP contribution in [0.3, 0.4) is 0 Å². The molecule has 0 bridgehead atoms. The predicted octanol–water partition coefficient (Wildman–Crippen LogP) is 1.57. The van der Waals surface area contributed by atoms with Crippen LogP contribution in [0.1, 0.15) is 32.6 Å². The zero-order chi connectivity index (χ0) is 10.2. The number of ether oxygens (including phenoxy) is 2. The van der Waals surface area contributed by atoms with Gasteiger partial charge < -0.3 is 14.8 Å². The molecule has 1 fully saturated rings. The van der Waals surface area contributed by atoms with Gasteiger partial charge >= 0.3 is 0 Å². The Hall–Kier alpha value is -0.120. The van der Waals surface area contributed by atoms with Crippen LogP contribution in [0.4, 0.5) is 0 Å². The summed E-state index contributed by atoms with van der Waals surface area (Å²) in [5, 5.41) is 3.33. The van der Waals surface area contributed by atoms with Crippen LogP contribution in [0, 0.1) is 0 Å². The van der Waals surface area contributed by atoms with Crippen molar-refractivity contribution in [3.63, 3.8) is 0 Å². The second-order valence-electron chi connectivity index (χ2n) is 3.79. The molecular formula is C11H23NO2. The Kier molecular flexibility index (Phi) is 6.15. The van der Waals surface area contributed by atoms with Gasteiger partial charge in [0.15, 0.2) is 0 Å². The number of likely N-dealkylation sites (N-methyl/N-ethyl adjacent to an activating group) is 1. The van der Waals surface area contributed by atoms with E-state index in [1.165, 1.54) is 25.7 Å². The van der Waals surface area contributed by atoms with E-state index < -0.39 is 0 Å². The second kappa shape index (κ2) is 7.21. The number of nitrogens with one attached hydrogen (secondary N) is 1. The minimum Gasteiger partial charge on any atom is -0.379 e. The largest absolute Gasteiger partial charge is 0.379 e. The Morgan fingerprint density at radius 2 is 2.00 bits per heavy atom. The molecule has 14 heavy (non-hydrogen) atoms. The maximum absolute atomic E-state index is 5.80. The summed E-state index contributed by atoms with van der Waals surface area (Å²) >= 11 is 0. The fraction of sp³-hybridized carbons (Fsp3) is 1.00. The Labute approximate surface area is 87.2 Å². The molecule has 0 spiro atoms. The van der Waals surface area contributed by atoms with Crippen molar-refractivity contribution >= 4 is 0 Å². The van der Waals surface area contributed by atoms with E-state index in [4.69, 9.17) is 9.47 Å². The van der Waals surface area contributed by atoms with Gasteiger partial charge in [-0.3, -0.25) is 0 Å². The first-order valence-electron chi connectivity index (χ1n) is 5.75. The first-order chi connectivity index (χ1) is 6.88. The highest BCUT2D eigenvalue weighted by molar-refractivity contribution is 4.80. The van der Waals surface area contributed by atoms with Gasteiger partial charge in [0.25, 0.3) is 0 Å². The second-order valence-corrected chi connectivity index (χ2v) is 3.79. The monoisotopic (exact) mass is 201 g/mol. The Morgan fingerprint density at radius 3 is 2.71 bits per heavy atom. The SMILES string of the molecule is CCOCCOC1CCCCC1NC. The van der Waals surface area contributed by atoms with Gasteiger partial charge in [-0.2, -0.15) is 0 Å². The average molecular weight is 201 g/mol. The summed E-state index contributed by atoms with van der Waals surface area (Å²) in [6.45, 7) is 4.25. The molecule has 1 saturated carbocycles. The molecule has 0 aliphatic heterocycles. The zero-order valence-corrected chi connectivity index (χ0v) is 9.42. The maximum atomic E-state index is 5.80. The highest BCUT2D eigenvalue weighted by Crippen LogP contribution is 2.20. The molecule has 0 saturated heterocycles. The first kappa shape index (κ1) is 12.0. The summed E-state index contributed by atoms with van der Waals surface area (Å²) in [6, 6.07) is 0.547. The van der Waals surface area contributed by atoms with Gasteiger partial charge in [-0.25, -0.2) is 0 Å². The third kappa shape index (κ3) is 3.95. The third-order valence-electron chi connectivity index (χ3n) is 2.84. The molecule has 0 radical (unpaired) electrons. The van der Waals surface area contributed by atoms with Crippen molar-refractivity contribution in [3.8, 4) is 0 Å². The van der Waals surface area contributed by atoms with Crippen LogP contribution >= 0.6 is 0 Å². The van der Waals surface area contributed by atoms with Crippen LogP contribution in [0.5, 0.6) is 0 Å². The minimum atomic E-state index is 0.397. The Balaban J connectivity index is 2.13. The van der Waals surface area contributed by atoms with Crippen molar-refractivity contribution in [2.45, 2.75) is 44.8 Å². The lowest BCUT2D eigenvalue weighted by Gasteiger charge is -2.31. The van der Waals surface area contributed by atoms with Crippen LogP contribution in [-0.4, -0.2) is 39.0 Å². The molecule has 0 amide bonds. The Bertz CT molecular complexity index is 141. The molecule has 0 aromatic carbocycles. The molecule has 2 unspecified atom stereocenters. The lowest BCUT2D eigenvalue weighted by Crippen LogP contribution is -2.42. The molecule has 84 valence electrons. The van der Waals surface area contributed by atoms with Crippen LogP contribution in [0.15, 0.2) is 0 Å². The lowest BCUT2D eigenvalue weighted by atomic mass is 9.92. The summed E-state index contributed by atoms with van der Waals surface area (Å²) in [5.74, 6) is 0. The van der Waals surface area contributed by atoms with Crippen molar-refractivity contribution in [1.82, 2.24) is 5.32 Å². The molecular weight excluding hydrogens is 178 g/mol. The van der Waals surface area contributed by atoms with E-state index >= 15 is 0 Å². The summed E-state index contributed by atoms with van der Waals surface area (Å²) < 4.78 is 11.0. The summed E-state index contributed by atoms with van der Waals surface area (Å²) in [4.78, 5) is 0. The summed E-state index contributed by atoms with van der Waals surface area (Å²) in [6.07, 6.45) is 5.47. The molecule has 2 atom stereocenters. The van der Waals surface area contributed by atoms with Gasteiger partial charge in [-0.1, -0.05) is 12.8 Å². The molecule has 0 aromatic rings. The lowest BCUT2D eigenvalue weighted by molar-refractivity contribution is -0.0225. The number of rotatable bonds is 6. The van der Waals surface area contributed by atoms with Crippen molar-refractivity contribution in [3.05, 3.63) is 0 Å². The van der Waals surface area contributed by atoms with Crippen LogP contribution in [0.25, 0.3) is 0 Å². The average Bonchev–Trinajstić information content (AvgIpc) is 2.25. The standard InChI is InChI=1S/C11H23NO2/c1-3-13-8-9-14-11-7-5-4-6-10(11)12-2/h10-12H,3-9H2,1-2H3. The molecule has 0 aromatic heterocycles. The van der Waals surface area contributed by atoms with E-state index in [0.717, 1.165) is 19.8 Å². The van der Waals surface area contributed by atoms with E-state index in [1.54, 1.807) is 0 Å². The van der Waals surface area contributed by atoms with Crippen LogP contribution in [-0.2, 0) is 9.47 Å². The highest BCUT2D eigenvalue weighted by Gasteiger charge is 2.23. The van der Waals surface area contributed by atoms with Crippen molar-refractivity contribution in [1.29, 1.82) is 0 Å². The maximum Gasteiger partial charge on any atom is 0.0729 e. The summed E-state index contributed by atoms with van der Waals surface area (Å²) in [7, 11) is 2.02. The Morgan fingerprint density at radius 1 is 1.21 bits per heavy atom. The van der Waals surface area contributed by atoms with Gasteiger partial charge in [-0.15, -0.1) is 0 Å². The molecule has 3 heteroatoms. The molecule has 1 aliphatic carbocycles. The number of hydrogen-bond donors (Lipinski definition) is 1. The minimum absolute atomic E-state index is 0.397. The molecule has 3 nitrogen and oxygen atoms in total. The smallest absolute Gasteiger partial charge is 0.0729 e. The van der Waals surface area contributed by atoms with Crippen molar-refractivity contribution in [2.75, 3.05) is 26.9 Å². The first-order valence-corrected chi connectivity index (χ1v) is 5.75. The molecule has 1 aliphatic rings. The van der Waals surface area contributed by atoms with E-state index in [0.29, 0.717) is 12.1 Å². The van der Waals surface area contributed by atoms with Gasteiger partial charge in [0.2, 0.25) is 0 Å². The fourth-order valence-corrected chi connectivity index (χ4v) is 2.03. The van der Waals surface area contributed by atoms with Crippen LogP contribution in [0.2, 0.25) is 0 Å². The van der Waals surface area contributed by atoms with Crippen molar-refractivity contribution in [2.24, 2.45) is 0 Å². The zero-order valence-electron chi connectivity index (χ0n) is 9.42. The van der Waals surface area contributed by atoms with E-state index in [9.17, 15) is 0 Å². The van der Waals surface area contributed by atoms with E-state index in [-0.39, 0.29) is 0 Å². The van der Waals surface area contributed by atoms with Gasteiger partial charge in [0, 0.05) is 12.6 Å². The van der Waals surface area contributed by atoms with Crippen LogP contribution < -0.4 is 5.32 Å². The van der Waals surface area contributed by atoms with Crippen molar-refractivity contribution < 1.29 is 9.47 Å². The summed E-state index contributed by atoms with van der Waals surface area (Å²) in [5.41, 5.74) is 0. The molecule has 0 heterocycles. The fourth-order valence-electron chi connectivity index (χ4n) is 2.03. The van der Waals surface area contributed by atoms with E-state index in [2.05, 4.69) is 5.32 Å². The number of hydrogen-bond acceptors (Lipinski definition) is 3. The van der Waals surface area contributed by atoms with Gasteiger partial charge in [0.1, 0.15) is 0 Å². The topological polar surface area (TPSA) is 30.5 Å². The van der Waals surface area contributed by atoms with Gasteiger partial charge in [-0.05, 0) is 26.8 Å². The van der Waals surface area contributed by atoms with E-state index in [1.807, 2.05) is 14.0 Å². The van der Waals surface area contributed by atoms with Gasteiger partial charge in [0.05, 0.1) is 19.3 Å². The highest BCUT2D eigenvalue weighted by atomic mass is 16.5. The molecule has 1 rings (SSSR count). The quantitative estimate of drug-likeness (QED) is 0.662. The normalized spacial score (nSPS) is 27.9. The third-order valence-corrected chi connectivity index (χ3v) is 2.84.